The third-order valence-corrected chi connectivity index (χ3v) is 10.7. The lowest BCUT2D eigenvalue weighted by molar-refractivity contribution is 0.605. The Morgan fingerprint density at radius 3 is 1.20 bits per heavy atom. The zero-order chi connectivity index (χ0) is 52.8. The summed E-state index contributed by atoms with van der Waals surface area (Å²) in [6.07, 6.45) is 21.0. The fourth-order valence-electron chi connectivity index (χ4n) is 8.21. The van der Waals surface area contributed by atoms with Crippen LogP contribution in [0.4, 0.5) is 0 Å². The van der Waals surface area contributed by atoms with Crippen LogP contribution < -0.4 is 0 Å². The monoisotopic (exact) mass is 956 g/mol. The largest absolute Gasteiger partial charge is 0.264 e. The lowest BCUT2D eigenvalue weighted by atomic mass is 9.97. The van der Waals surface area contributed by atoms with E-state index in [2.05, 4.69) is 218 Å². The van der Waals surface area contributed by atoms with Crippen LogP contribution in [0.25, 0.3) is 0 Å². The molecule has 0 saturated carbocycles. The van der Waals surface area contributed by atoms with Gasteiger partial charge < -0.3 is 0 Å². The molecule has 0 aromatic carbocycles. The molecular formula is C65H105N5. The molecule has 0 atom stereocenters. The van der Waals surface area contributed by atoms with E-state index in [1.165, 1.54) is 56.3 Å². The molecule has 0 radical (unpaired) electrons. The summed E-state index contributed by atoms with van der Waals surface area (Å²) in [4.78, 5) is 22.3. The van der Waals surface area contributed by atoms with Gasteiger partial charge in [-0.25, -0.2) is 0 Å². The summed E-state index contributed by atoms with van der Waals surface area (Å²) < 4.78 is 0. The van der Waals surface area contributed by atoms with E-state index in [-0.39, 0.29) is 0 Å². The quantitative estimate of drug-likeness (QED) is 0.0778. The lowest BCUT2D eigenvalue weighted by Crippen LogP contribution is -2.04. The van der Waals surface area contributed by atoms with Crippen LogP contribution in [0.15, 0.2) is 91.6 Å². The van der Waals surface area contributed by atoms with Gasteiger partial charge in [-0.2, -0.15) is 0 Å². The summed E-state index contributed by atoms with van der Waals surface area (Å²) in [7, 11) is 0. The molecule has 5 aromatic rings. The van der Waals surface area contributed by atoms with Crippen LogP contribution in [0.1, 0.15) is 195 Å². The molecule has 390 valence electrons. The molecular weight excluding hydrogens is 851 g/mol. The molecule has 0 spiro atoms. The summed E-state index contributed by atoms with van der Waals surface area (Å²) in [5, 5.41) is 0. The van der Waals surface area contributed by atoms with Gasteiger partial charge in [-0.3, -0.25) is 24.9 Å². The van der Waals surface area contributed by atoms with Crippen molar-refractivity contribution in [1.29, 1.82) is 0 Å². The number of aromatic nitrogens is 5. The van der Waals surface area contributed by atoms with Gasteiger partial charge in [-0.15, -0.1) is 0 Å². The molecule has 5 rings (SSSR count). The van der Waals surface area contributed by atoms with Gasteiger partial charge in [0.05, 0.1) is 0 Å². The lowest BCUT2D eigenvalue weighted by Gasteiger charge is -2.11. The first-order chi connectivity index (χ1) is 32.9. The second-order valence-electron chi connectivity index (χ2n) is 24.2. The standard InChI is InChI=1S/5C13H21N/c1-10(2)5-12-7-13(6-11(3)4)9-14-8-12;1-10(2)7-12-5-6-14-13(9-12)8-11(3)4;1-10(2)7-12-5-6-13(14-9-12)8-11(3)4;1-10(2)8-12-6-5-7-14-13(12)9-11(3)4;1-10(2)8-12-6-5-7-13(14-12)9-11(3)4/h7-11H,5-6H2,1-4H3;2*5-6,9-11H,7-8H2,1-4H3;2*5-7,10-11H,8-9H2,1-4H3. The molecule has 70 heavy (non-hydrogen) atoms. The molecule has 0 N–H and O–H groups in total. The molecule has 0 bridgehead atoms. The van der Waals surface area contributed by atoms with Crippen LogP contribution >= 0.6 is 0 Å². The molecule has 0 aliphatic carbocycles. The summed E-state index contributed by atoms with van der Waals surface area (Å²) in [6.45, 7) is 44.8. The maximum Gasteiger partial charge on any atom is 0.0438 e. The van der Waals surface area contributed by atoms with Gasteiger partial charge >= 0.3 is 0 Å². The van der Waals surface area contributed by atoms with E-state index >= 15 is 0 Å². The van der Waals surface area contributed by atoms with Crippen LogP contribution in [0.3, 0.4) is 0 Å². The summed E-state index contributed by atoms with van der Waals surface area (Å²) in [5.41, 5.74) is 13.2. The second kappa shape index (κ2) is 35.8. The zero-order valence-corrected chi connectivity index (χ0v) is 48.7. The number of hydrogen-bond acceptors (Lipinski definition) is 5. The highest BCUT2D eigenvalue weighted by atomic mass is 14.7. The minimum absolute atomic E-state index is 0.691. The Balaban J connectivity index is 0.000000437. The third kappa shape index (κ3) is 33.4. The van der Waals surface area contributed by atoms with E-state index in [4.69, 9.17) is 0 Å². The van der Waals surface area contributed by atoms with Crippen LogP contribution in [0, 0.1) is 59.2 Å². The third-order valence-electron chi connectivity index (χ3n) is 10.7. The molecule has 5 heteroatoms. The Kier molecular flexibility index (Phi) is 32.6. The minimum atomic E-state index is 0.691. The predicted octanol–water partition coefficient (Wildman–Crippen LogP) is 17.4. The topological polar surface area (TPSA) is 64.5 Å². The molecule has 0 unspecified atom stereocenters. The van der Waals surface area contributed by atoms with E-state index in [9.17, 15) is 0 Å². The van der Waals surface area contributed by atoms with Crippen LogP contribution in [-0.2, 0) is 64.2 Å². The van der Waals surface area contributed by atoms with Gasteiger partial charge in [0.15, 0.2) is 0 Å². The van der Waals surface area contributed by atoms with E-state index in [1.807, 2.05) is 37.1 Å². The van der Waals surface area contributed by atoms with Crippen molar-refractivity contribution in [1.82, 2.24) is 24.9 Å². The Morgan fingerprint density at radius 2 is 0.743 bits per heavy atom. The van der Waals surface area contributed by atoms with Crippen LogP contribution in [0.5, 0.6) is 0 Å². The molecule has 5 aromatic heterocycles. The Bertz CT molecular complexity index is 1780. The molecule has 0 amide bonds. The average molecular weight is 957 g/mol. The van der Waals surface area contributed by atoms with Gasteiger partial charge in [-0.1, -0.05) is 163 Å². The molecule has 5 heterocycles. The highest BCUT2D eigenvalue weighted by Crippen LogP contribution is 2.17. The number of rotatable bonds is 20. The van der Waals surface area contributed by atoms with Crippen molar-refractivity contribution in [3.63, 3.8) is 0 Å². The highest BCUT2D eigenvalue weighted by molar-refractivity contribution is 5.21. The van der Waals surface area contributed by atoms with Crippen molar-refractivity contribution in [2.45, 2.75) is 203 Å². The van der Waals surface area contributed by atoms with Gasteiger partial charge in [0.1, 0.15) is 0 Å². The first kappa shape index (κ1) is 63.8. The second-order valence-corrected chi connectivity index (χ2v) is 24.2. The van der Waals surface area contributed by atoms with Crippen molar-refractivity contribution in [2.75, 3.05) is 0 Å². The Hall–Kier alpha value is -4.25. The summed E-state index contributed by atoms with van der Waals surface area (Å²) in [5.74, 6) is 7.04. The normalized spacial score (nSPS) is 11.3. The van der Waals surface area contributed by atoms with Crippen molar-refractivity contribution in [3.05, 3.63) is 148 Å². The van der Waals surface area contributed by atoms with Gasteiger partial charge in [0.2, 0.25) is 0 Å². The fourth-order valence-corrected chi connectivity index (χ4v) is 8.21. The molecule has 0 saturated heterocycles. The fraction of sp³-hybridized carbons (Fsp3) is 0.615. The number of hydrogen-bond donors (Lipinski definition) is 0. The number of pyridine rings is 5. The van der Waals surface area contributed by atoms with Crippen LogP contribution in [-0.4, -0.2) is 24.9 Å². The van der Waals surface area contributed by atoms with Crippen molar-refractivity contribution < 1.29 is 0 Å². The molecule has 5 nitrogen and oxygen atoms in total. The van der Waals surface area contributed by atoms with Crippen molar-refractivity contribution in [2.24, 2.45) is 59.2 Å². The van der Waals surface area contributed by atoms with E-state index in [0.29, 0.717) is 53.3 Å². The Labute approximate surface area is 432 Å². The van der Waals surface area contributed by atoms with Crippen LogP contribution in [0.2, 0.25) is 0 Å². The smallest absolute Gasteiger partial charge is 0.0438 e. The van der Waals surface area contributed by atoms with Gasteiger partial charge in [0, 0.05) is 59.5 Å². The predicted molar refractivity (Wildman–Crippen MR) is 307 cm³/mol. The minimum Gasteiger partial charge on any atom is -0.264 e. The van der Waals surface area contributed by atoms with Crippen molar-refractivity contribution >= 4 is 0 Å². The maximum absolute atomic E-state index is 4.65. The summed E-state index contributed by atoms with van der Waals surface area (Å²) >= 11 is 0. The first-order valence-electron chi connectivity index (χ1n) is 27.6. The van der Waals surface area contributed by atoms with E-state index < -0.39 is 0 Å². The van der Waals surface area contributed by atoms with Gasteiger partial charge in [0.25, 0.3) is 0 Å². The average Bonchev–Trinajstić information content (AvgIpc) is 3.22. The maximum atomic E-state index is 4.65. The molecule has 0 aliphatic rings. The number of nitrogens with zero attached hydrogens (tertiary/aromatic N) is 5. The molecule has 0 aliphatic heterocycles. The van der Waals surface area contributed by atoms with E-state index in [0.717, 1.165) is 70.1 Å². The van der Waals surface area contributed by atoms with E-state index in [1.54, 1.807) is 0 Å². The first-order valence-corrected chi connectivity index (χ1v) is 27.6. The summed E-state index contributed by atoms with van der Waals surface area (Å²) in [6, 6.07) is 21.7. The highest BCUT2D eigenvalue weighted by Gasteiger charge is 2.08. The SMILES string of the molecule is CC(C)Cc1ccc(CC(C)C)nc1.CC(C)Cc1cccc(CC(C)C)n1.CC(C)Cc1cccnc1CC(C)C.CC(C)Cc1ccnc(CC(C)C)c1.CC(C)Cc1cncc(CC(C)C)c1. The Morgan fingerprint density at radius 1 is 0.300 bits per heavy atom. The van der Waals surface area contributed by atoms with Gasteiger partial charge in [-0.05, 0) is 188 Å². The van der Waals surface area contributed by atoms with Crippen molar-refractivity contribution in [3.8, 4) is 0 Å². The zero-order valence-electron chi connectivity index (χ0n) is 48.7. The molecule has 0 fully saturated rings.